The Hall–Kier alpha value is -1.04. The molecule has 6 heteroatoms. The summed E-state index contributed by atoms with van der Waals surface area (Å²) in [4.78, 5) is 0.177. The number of hydrogen-bond donors (Lipinski definition) is 1. The largest absolute Gasteiger partial charge is 0.279 e. The summed E-state index contributed by atoms with van der Waals surface area (Å²) >= 11 is 9.11. The lowest BCUT2D eigenvalue weighted by atomic mass is 10.2. The van der Waals surface area contributed by atoms with E-state index in [1.807, 2.05) is 13.0 Å². The summed E-state index contributed by atoms with van der Waals surface area (Å²) in [5, 5.41) is 0.498. The van der Waals surface area contributed by atoms with Gasteiger partial charge in [0, 0.05) is 9.50 Å². The lowest BCUT2D eigenvalue weighted by Crippen LogP contribution is -2.13. The van der Waals surface area contributed by atoms with Crippen molar-refractivity contribution in [3.63, 3.8) is 0 Å². The topological polar surface area (TPSA) is 46.2 Å². The van der Waals surface area contributed by atoms with Crippen LogP contribution in [0.15, 0.2) is 51.8 Å². The molecule has 0 aromatic heterocycles. The minimum atomic E-state index is -3.60. The second-order valence-corrected chi connectivity index (χ2v) is 6.94. The fourth-order valence-electron chi connectivity index (χ4n) is 1.54. The molecule has 0 aliphatic heterocycles. The van der Waals surface area contributed by atoms with Crippen molar-refractivity contribution in [2.75, 3.05) is 4.72 Å². The number of benzene rings is 2. The van der Waals surface area contributed by atoms with Crippen molar-refractivity contribution in [3.8, 4) is 0 Å². The highest BCUT2D eigenvalue weighted by Gasteiger charge is 2.15. The van der Waals surface area contributed by atoms with E-state index < -0.39 is 10.0 Å². The number of hydrogen-bond acceptors (Lipinski definition) is 2. The molecule has 0 fully saturated rings. The van der Waals surface area contributed by atoms with Crippen LogP contribution in [0, 0.1) is 6.92 Å². The van der Waals surface area contributed by atoms with Gasteiger partial charge in [-0.1, -0.05) is 33.6 Å². The SMILES string of the molecule is Cc1c(Br)cccc1NS(=O)(=O)c1ccc(Cl)cc1. The maximum Gasteiger partial charge on any atom is 0.261 e. The van der Waals surface area contributed by atoms with E-state index >= 15 is 0 Å². The molecular weight excluding hydrogens is 350 g/mol. The van der Waals surface area contributed by atoms with Gasteiger partial charge in [-0.2, -0.15) is 0 Å². The lowest BCUT2D eigenvalue weighted by Gasteiger charge is -2.11. The van der Waals surface area contributed by atoms with Crippen LogP contribution in [0.1, 0.15) is 5.56 Å². The first kappa shape index (κ1) is 14.4. The summed E-state index contributed by atoms with van der Waals surface area (Å²) < 4.78 is 27.8. The number of anilines is 1. The van der Waals surface area contributed by atoms with Crippen molar-refractivity contribution in [1.29, 1.82) is 0 Å². The minimum Gasteiger partial charge on any atom is -0.279 e. The summed E-state index contributed by atoms with van der Waals surface area (Å²) in [6.07, 6.45) is 0. The van der Waals surface area contributed by atoms with E-state index in [4.69, 9.17) is 11.6 Å². The van der Waals surface area contributed by atoms with E-state index in [2.05, 4.69) is 20.7 Å². The molecule has 19 heavy (non-hydrogen) atoms. The van der Waals surface area contributed by atoms with E-state index in [0.717, 1.165) is 10.0 Å². The number of sulfonamides is 1. The van der Waals surface area contributed by atoms with Gasteiger partial charge in [-0.3, -0.25) is 4.72 Å². The van der Waals surface area contributed by atoms with Gasteiger partial charge in [0.2, 0.25) is 0 Å². The van der Waals surface area contributed by atoms with Crippen LogP contribution in [0.2, 0.25) is 5.02 Å². The molecule has 0 amide bonds. The highest BCUT2D eigenvalue weighted by molar-refractivity contribution is 9.10. The van der Waals surface area contributed by atoms with Crippen LogP contribution in [0.4, 0.5) is 5.69 Å². The van der Waals surface area contributed by atoms with Crippen molar-refractivity contribution in [3.05, 3.63) is 57.5 Å². The summed E-state index contributed by atoms with van der Waals surface area (Å²) in [6, 6.07) is 11.4. The highest BCUT2D eigenvalue weighted by atomic mass is 79.9. The normalized spacial score (nSPS) is 11.3. The predicted molar refractivity (Wildman–Crippen MR) is 81.1 cm³/mol. The number of rotatable bonds is 3. The van der Waals surface area contributed by atoms with Crippen LogP contribution in [0.25, 0.3) is 0 Å². The second-order valence-electron chi connectivity index (χ2n) is 3.97. The third-order valence-electron chi connectivity index (χ3n) is 2.64. The fraction of sp³-hybridized carbons (Fsp3) is 0.0769. The smallest absolute Gasteiger partial charge is 0.261 e. The van der Waals surface area contributed by atoms with Crippen LogP contribution >= 0.6 is 27.5 Å². The maximum absolute atomic E-state index is 12.2. The fourth-order valence-corrected chi connectivity index (χ4v) is 3.15. The number of halogens is 2. The monoisotopic (exact) mass is 359 g/mol. The van der Waals surface area contributed by atoms with Gasteiger partial charge in [-0.05, 0) is 48.9 Å². The minimum absolute atomic E-state index is 0.177. The van der Waals surface area contributed by atoms with Gasteiger partial charge in [0.15, 0.2) is 0 Å². The average Bonchev–Trinajstić information content (AvgIpc) is 2.35. The standard InChI is InChI=1S/C13H11BrClNO2S/c1-9-12(14)3-2-4-13(9)16-19(17,18)11-7-5-10(15)6-8-11/h2-8,16H,1H3. The molecule has 0 unspecified atom stereocenters. The van der Waals surface area contributed by atoms with Gasteiger partial charge in [0.25, 0.3) is 10.0 Å². The maximum atomic E-state index is 12.2. The third-order valence-corrected chi connectivity index (χ3v) is 5.13. The van der Waals surface area contributed by atoms with Crippen molar-refractivity contribution in [2.24, 2.45) is 0 Å². The molecule has 3 nitrogen and oxygen atoms in total. The second kappa shape index (κ2) is 5.53. The Morgan fingerprint density at radius 1 is 1.11 bits per heavy atom. The molecule has 2 rings (SSSR count). The number of nitrogens with one attached hydrogen (secondary N) is 1. The molecule has 0 heterocycles. The summed E-state index contributed by atoms with van der Waals surface area (Å²) in [7, 11) is -3.60. The van der Waals surface area contributed by atoms with Gasteiger partial charge < -0.3 is 0 Å². The molecule has 0 saturated carbocycles. The van der Waals surface area contributed by atoms with Crippen molar-refractivity contribution in [1.82, 2.24) is 0 Å². The average molecular weight is 361 g/mol. The molecule has 0 saturated heterocycles. The van der Waals surface area contributed by atoms with Gasteiger partial charge in [-0.25, -0.2) is 8.42 Å². The van der Waals surface area contributed by atoms with Crippen LogP contribution in [-0.4, -0.2) is 8.42 Å². The van der Waals surface area contributed by atoms with Gasteiger partial charge in [0.05, 0.1) is 10.6 Å². The van der Waals surface area contributed by atoms with E-state index in [9.17, 15) is 8.42 Å². The molecule has 2 aromatic rings. The zero-order valence-corrected chi connectivity index (χ0v) is 13.2. The molecule has 1 N–H and O–H groups in total. The summed E-state index contributed by atoms with van der Waals surface area (Å²) in [5.41, 5.74) is 1.38. The Balaban J connectivity index is 2.36. The predicted octanol–water partition coefficient (Wildman–Crippen LogP) is 4.21. The highest BCUT2D eigenvalue weighted by Crippen LogP contribution is 2.26. The zero-order chi connectivity index (χ0) is 14.0. The van der Waals surface area contributed by atoms with Crippen LogP contribution < -0.4 is 4.72 Å². The van der Waals surface area contributed by atoms with Crippen molar-refractivity contribution in [2.45, 2.75) is 11.8 Å². The van der Waals surface area contributed by atoms with Gasteiger partial charge >= 0.3 is 0 Å². The molecule has 0 radical (unpaired) electrons. The zero-order valence-electron chi connectivity index (χ0n) is 10.0. The van der Waals surface area contributed by atoms with Crippen LogP contribution in [0.3, 0.4) is 0 Å². The van der Waals surface area contributed by atoms with E-state index in [1.54, 1.807) is 24.3 Å². The Bertz CT molecular complexity index is 699. The summed E-state index contributed by atoms with van der Waals surface area (Å²) in [5.74, 6) is 0. The third kappa shape index (κ3) is 3.29. The first-order chi connectivity index (χ1) is 8.90. The van der Waals surface area contributed by atoms with Gasteiger partial charge in [-0.15, -0.1) is 0 Å². The molecule has 0 bridgehead atoms. The van der Waals surface area contributed by atoms with Crippen LogP contribution in [0.5, 0.6) is 0 Å². The Morgan fingerprint density at radius 3 is 2.37 bits per heavy atom. The van der Waals surface area contributed by atoms with E-state index in [-0.39, 0.29) is 4.90 Å². The van der Waals surface area contributed by atoms with Crippen molar-refractivity contribution >= 4 is 43.2 Å². The van der Waals surface area contributed by atoms with Crippen molar-refractivity contribution < 1.29 is 8.42 Å². The molecular formula is C13H11BrClNO2S. The van der Waals surface area contributed by atoms with E-state index in [0.29, 0.717) is 10.7 Å². The lowest BCUT2D eigenvalue weighted by molar-refractivity contribution is 0.601. The quantitative estimate of drug-likeness (QED) is 0.891. The molecule has 0 aliphatic rings. The Labute approximate surface area is 125 Å². The molecule has 0 spiro atoms. The summed E-state index contributed by atoms with van der Waals surface area (Å²) in [6.45, 7) is 1.84. The van der Waals surface area contributed by atoms with Gasteiger partial charge in [0.1, 0.15) is 0 Å². The Morgan fingerprint density at radius 2 is 1.74 bits per heavy atom. The molecule has 100 valence electrons. The van der Waals surface area contributed by atoms with E-state index in [1.165, 1.54) is 12.1 Å². The molecule has 0 atom stereocenters. The van der Waals surface area contributed by atoms with Crippen LogP contribution in [-0.2, 0) is 10.0 Å². The molecule has 2 aromatic carbocycles. The molecule has 0 aliphatic carbocycles. The Kier molecular flexibility index (Phi) is 4.18. The first-order valence-corrected chi connectivity index (χ1v) is 8.09. The first-order valence-electron chi connectivity index (χ1n) is 5.43.